The van der Waals surface area contributed by atoms with Gasteiger partial charge in [-0.05, 0) is 27.2 Å². The second-order valence-corrected chi connectivity index (χ2v) is 6.21. The van der Waals surface area contributed by atoms with Gasteiger partial charge in [0.1, 0.15) is 17.8 Å². The van der Waals surface area contributed by atoms with Gasteiger partial charge in [0.2, 0.25) is 0 Å². The highest BCUT2D eigenvalue weighted by Crippen LogP contribution is 2.46. The van der Waals surface area contributed by atoms with Gasteiger partial charge >= 0.3 is 12.1 Å². The number of carbonyl (C=O) groups excluding carboxylic acids is 2. The van der Waals surface area contributed by atoms with Crippen molar-refractivity contribution in [2.45, 2.75) is 57.2 Å². The van der Waals surface area contributed by atoms with Crippen LogP contribution >= 0.6 is 0 Å². The number of ether oxygens (including phenoxy) is 2. The van der Waals surface area contributed by atoms with E-state index in [1.165, 1.54) is 0 Å². The number of halogens is 2. The number of esters is 1. The number of likely N-dealkylation sites (tertiary alicyclic amines) is 1. The molecule has 1 heterocycles. The van der Waals surface area contributed by atoms with E-state index in [0.29, 0.717) is 0 Å². The highest BCUT2D eigenvalue weighted by molar-refractivity contribution is 5.83. The summed E-state index contributed by atoms with van der Waals surface area (Å²) < 4.78 is 37.4. The van der Waals surface area contributed by atoms with Crippen molar-refractivity contribution in [3.8, 4) is 0 Å². The van der Waals surface area contributed by atoms with Crippen molar-refractivity contribution < 1.29 is 27.8 Å². The summed E-state index contributed by atoms with van der Waals surface area (Å²) in [4.78, 5) is 24.9. The molecule has 0 spiro atoms. The minimum absolute atomic E-state index is 0.112. The number of piperidine rings is 1. The lowest BCUT2D eigenvalue weighted by molar-refractivity contribution is -0.151. The number of methoxy groups -OCH3 is 1. The van der Waals surface area contributed by atoms with E-state index in [0.717, 1.165) is 12.0 Å². The van der Waals surface area contributed by atoms with Gasteiger partial charge in [0, 0.05) is 5.92 Å². The third-order valence-corrected chi connectivity index (χ3v) is 3.70. The predicted molar refractivity (Wildman–Crippen MR) is 65.6 cm³/mol. The molecular formula is C13H19F2NO4. The summed E-state index contributed by atoms with van der Waals surface area (Å²) in [5.41, 5.74) is -0.777. The van der Waals surface area contributed by atoms with Gasteiger partial charge in [0.15, 0.2) is 6.17 Å². The van der Waals surface area contributed by atoms with Gasteiger partial charge in [-0.1, -0.05) is 0 Å². The summed E-state index contributed by atoms with van der Waals surface area (Å²) in [7, 11) is 1.15. The number of hydrogen-bond donors (Lipinski definition) is 0. The van der Waals surface area contributed by atoms with E-state index >= 15 is 0 Å². The molecule has 5 nitrogen and oxygen atoms in total. The maximum absolute atomic E-state index is 13.8. The highest BCUT2D eigenvalue weighted by atomic mass is 19.2. The van der Waals surface area contributed by atoms with Gasteiger partial charge in [-0.15, -0.1) is 0 Å². The average Bonchev–Trinajstić information content (AvgIpc) is 2.84. The molecule has 1 aliphatic heterocycles. The summed E-state index contributed by atoms with van der Waals surface area (Å²) >= 11 is 0. The third-order valence-electron chi connectivity index (χ3n) is 3.70. The van der Waals surface area contributed by atoms with Crippen LogP contribution in [0.1, 0.15) is 27.2 Å². The molecule has 5 atom stereocenters. The largest absolute Gasteiger partial charge is 0.467 e. The normalized spacial score (nSPS) is 36.1. The maximum atomic E-state index is 13.8. The fourth-order valence-corrected chi connectivity index (χ4v) is 2.94. The summed E-state index contributed by atoms with van der Waals surface area (Å²) in [6.07, 6.45) is -4.23. The van der Waals surface area contributed by atoms with Crippen molar-refractivity contribution in [3.63, 3.8) is 0 Å². The molecule has 2 fully saturated rings. The molecule has 0 aromatic rings. The van der Waals surface area contributed by atoms with Crippen LogP contribution in [0.4, 0.5) is 13.6 Å². The number of rotatable bonds is 1. The summed E-state index contributed by atoms with van der Waals surface area (Å²) in [6, 6.07) is -2.07. The van der Waals surface area contributed by atoms with E-state index in [-0.39, 0.29) is 6.42 Å². The number of hydrogen-bond acceptors (Lipinski definition) is 4. The van der Waals surface area contributed by atoms with Crippen molar-refractivity contribution >= 4 is 12.1 Å². The molecule has 0 N–H and O–H groups in total. The molecule has 2 bridgehead atoms. The molecule has 0 aromatic heterocycles. The molecule has 2 rings (SSSR count). The summed E-state index contributed by atoms with van der Waals surface area (Å²) in [5, 5.41) is 0. The van der Waals surface area contributed by atoms with Crippen molar-refractivity contribution in [3.05, 3.63) is 0 Å². The molecule has 114 valence electrons. The second-order valence-electron chi connectivity index (χ2n) is 6.21. The van der Waals surface area contributed by atoms with E-state index < -0.39 is 48.0 Å². The molecule has 1 amide bonds. The van der Waals surface area contributed by atoms with Crippen LogP contribution in [0.2, 0.25) is 0 Å². The Bertz CT molecular complexity index is 423. The van der Waals surface area contributed by atoms with Crippen LogP contribution in [0.3, 0.4) is 0 Å². The molecule has 2 unspecified atom stereocenters. The molecule has 7 heteroatoms. The Hall–Kier alpha value is -1.40. The van der Waals surface area contributed by atoms with Crippen LogP contribution in [0, 0.1) is 5.92 Å². The monoisotopic (exact) mass is 291 g/mol. The number of nitrogens with zero attached hydrogens (tertiary/aromatic N) is 1. The Labute approximate surface area is 116 Å². The molecular weight excluding hydrogens is 272 g/mol. The zero-order valence-corrected chi connectivity index (χ0v) is 11.9. The van der Waals surface area contributed by atoms with Gasteiger partial charge in [-0.2, -0.15) is 0 Å². The Morgan fingerprint density at radius 3 is 2.30 bits per heavy atom. The summed E-state index contributed by atoms with van der Waals surface area (Å²) in [5.74, 6) is -1.60. The van der Waals surface area contributed by atoms with Crippen molar-refractivity contribution in [2.24, 2.45) is 5.92 Å². The molecule has 20 heavy (non-hydrogen) atoms. The van der Waals surface area contributed by atoms with E-state index in [4.69, 9.17) is 4.74 Å². The first-order valence-electron chi connectivity index (χ1n) is 6.54. The van der Waals surface area contributed by atoms with Crippen LogP contribution in [-0.2, 0) is 14.3 Å². The van der Waals surface area contributed by atoms with Gasteiger partial charge in [0.05, 0.1) is 13.2 Å². The number of fused-ring (bicyclic) bond motifs is 2. The first-order valence-corrected chi connectivity index (χ1v) is 6.54. The van der Waals surface area contributed by atoms with Crippen molar-refractivity contribution in [2.75, 3.05) is 7.11 Å². The van der Waals surface area contributed by atoms with Crippen LogP contribution in [-0.4, -0.2) is 54.1 Å². The maximum Gasteiger partial charge on any atom is 0.411 e. The SMILES string of the molecule is COC(=O)[C@H]1[C@H]2C[C@H](C(F)C2F)N1C(=O)OC(C)(C)C. The van der Waals surface area contributed by atoms with Crippen molar-refractivity contribution in [1.82, 2.24) is 4.90 Å². The topological polar surface area (TPSA) is 55.8 Å². The van der Waals surface area contributed by atoms with Crippen LogP contribution < -0.4 is 0 Å². The first kappa shape index (κ1) is 15.0. The van der Waals surface area contributed by atoms with Crippen molar-refractivity contribution in [1.29, 1.82) is 0 Å². The molecule has 2 aliphatic rings. The van der Waals surface area contributed by atoms with E-state index in [9.17, 15) is 18.4 Å². The fourth-order valence-electron chi connectivity index (χ4n) is 2.94. The first-order chi connectivity index (χ1) is 9.17. The van der Waals surface area contributed by atoms with Gasteiger partial charge in [-0.25, -0.2) is 18.4 Å². The van der Waals surface area contributed by atoms with E-state index in [2.05, 4.69) is 4.74 Å². The lowest BCUT2D eigenvalue weighted by Gasteiger charge is -2.37. The van der Waals surface area contributed by atoms with Gasteiger partial charge in [-0.3, -0.25) is 4.90 Å². The van der Waals surface area contributed by atoms with Crippen LogP contribution in [0.25, 0.3) is 0 Å². The van der Waals surface area contributed by atoms with Gasteiger partial charge < -0.3 is 9.47 Å². The quantitative estimate of drug-likeness (QED) is 0.692. The second kappa shape index (κ2) is 4.86. The number of amides is 1. The predicted octanol–water partition coefficient (Wildman–Crippen LogP) is 1.84. The average molecular weight is 291 g/mol. The number of alkyl halides is 2. The minimum atomic E-state index is -1.78. The third kappa shape index (κ3) is 2.33. The smallest absolute Gasteiger partial charge is 0.411 e. The lowest BCUT2D eigenvalue weighted by atomic mass is 9.96. The Kier molecular flexibility index (Phi) is 3.64. The fraction of sp³-hybridized carbons (Fsp3) is 0.846. The number of carbonyl (C=O) groups is 2. The Morgan fingerprint density at radius 2 is 1.80 bits per heavy atom. The zero-order valence-electron chi connectivity index (χ0n) is 11.9. The Morgan fingerprint density at radius 1 is 1.20 bits per heavy atom. The molecule has 1 aliphatic carbocycles. The molecule has 0 radical (unpaired) electrons. The van der Waals surface area contributed by atoms with Crippen LogP contribution in [0.5, 0.6) is 0 Å². The molecule has 0 aromatic carbocycles. The zero-order chi connectivity index (χ0) is 15.2. The minimum Gasteiger partial charge on any atom is -0.467 e. The van der Waals surface area contributed by atoms with Gasteiger partial charge in [0.25, 0.3) is 0 Å². The van der Waals surface area contributed by atoms with E-state index in [1.54, 1.807) is 20.8 Å². The Balaban J connectivity index is 2.25. The van der Waals surface area contributed by atoms with Crippen LogP contribution in [0.15, 0.2) is 0 Å². The lowest BCUT2D eigenvalue weighted by Crippen LogP contribution is -2.57. The summed E-state index contributed by atoms with van der Waals surface area (Å²) in [6.45, 7) is 4.99. The molecule has 1 saturated heterocycles. The highest BCUT2D eigenvalue weighted by Gasteiger charge is 2.63. The molecule has 1 saturated carbocycles. The standard InChI is InChI=1S/C13H19F2NO4/c1-13(2,3)20-12(18)16-7-5-6(8(14)9(7)15)10(16)11(17)19-4/h6-10H,5H2,1-4H3/t6-,7+,8?,9?,10+/m0/s1. The van der Waals surface area contributed by atoms with E-state index in [1.807, 2.05) is 0 Å².